The standard InChI is InChI=1S/C17H18ClN5O/c18-13-4-3-5-14(10-13)23-16-15(11-20-23)17(24)22(12-19-16)9-8-21-6-1-2-7-21/h3-5,10-12H,1-2,6-9H2/p+1. The summed E-state index contributed by atoms with van der Waals surface area (Å²) in [7, 11) is 0. The van der Waals surface area contributed by atoms with Gasteiger partial charge in [-0.05, 0) is 18.2 Å². The molecule has 7 heteroatoms. The van der Waals surface area contributed by atoms with E-state index in [1.54, 1.807) is 38.8 Å². The van der Waals surface area contributed by atoms with Gasteiger partial charge in [-0.3, -0.25) is 9.36 Å². The second-order valence-electron chi connectivity index (χ2n) is 6.22. The number of quaternary nitrogens is 1. The van der Waals surface area contributed by atoms with Crippen molar-refractivity contribution in [2.75, 3.05) is 19.6 Å². The Hall–Kier alpha value is -2.18. The van der Waals surface area contributed by atoms with E-state index < -0.39 is 0 Å². The lowest BCUT2D eigenvalue weighted by molar-refractivity contribution is -0.888. The Labute approximate surface area is 144 Å². The molecule has 1 aromatic carbocycles. The number of rotatable bonds is 4. The first kappa shape index (κ1) is 15.4. The van der Waals surface area contributed by atoms with Crippen LogP contribution >= 0.6 is 11.6 Å². The van der Waals surface area contributed by atoms with E-state index in [1.165, 1.54) is 25.9 Å². The number of hydrogen-bond acceptors (Lipinski definition) is 3. The van der Waals surface area contributed by atoms with Gasteiger partial charge in [-0.15, -0.1) is 0 Å². The van der Waals surface area contributed by atoms with Crippen LogP contribution in [0.2, 0.25) is 5.02 Å². The first-order valence-corrected chi connectivity index (χ1v) is 8.63. The summed E-state index contributed by atoms with van der Waals surface area (Å²) in [6, 6.07) is 7.35. The molecule has 2 aromatic heterocycles. The highest BCUT2D eigenvalue weighted by Gasteiger charge is 2.16. The predicted molar refractivity (Wildman–Crippen MR) is 92.9 cm³/mol. The van der Waals surface area contributed by atoms with Gasteiger partial charge in [-0.25, -0.2) is 9.67 Å². The zero-order valence-electron chi connectivity index (χ0n) is 13.3. The molecule has 0 spiro atoms. The van der Waals surface area contributed by atoms with Crippen LogP contribution in [0.3, 0.4) is 0 Å². The Balaban J connectivity index is 1.66. The van der Waals surface area contributed by atoms with Gasteiger partial charge in [0.25, 0.3) is 5.56 Å². The maximum Gasteiger partial charge on any atom is 0.264 e. The van der Waals surface area contributed by atoms with Crippen LogP contribution in [0, 0.1) is 0 Å². The monoisotopic (exact) mass is 344 g/mol. The third kappa shape index (κ3) is 2.83. The molecule has 0 aliphatic carbocycles. The van der Waals surface area contributed by atoms with Crippen molar-refractivity contribution in [3.05, 3.63) is 52.2 Å². The van der Waals surface area contributed by atoms with Gasteiger partial charge in [0.15, 0.2) is 5.65 Å². The first-order chi connectivity index (χ1) is 11.7. The van der Waals surface area contributed by atoms with Crippen LogP contribution in [0.5, 0.6) is 0 Å². The summed E-state index contributed by atoms with van der Waals surface area (Å²) in [6.45, 7) is 4.07. The van der Waals surface area contributed by atoms with Crippen molar-refractivity contribution in [1.29, 1.82) is 0 Å². The second kappa shape index (κ2) is 6.37. The van der Waals surface area contributed by atoms with E-state index in [-0.39, 0.29) is 5.56 Å². The maximum absolute atomic E-state index is 12.7. The van der Waals surface area contributed by atoms with Gasteiger partial charge in [0, 0.05) is 17.9 Å². The molecule has 0 unspecified atom stereocenters. The lowest BCUT2D eigenvalue weighted by atomic mass is 10.3. The molecule has 0 bridgehead atoms. The molecule has 1 aliphatic rings. The summed E-state index contributed by atoms with van der Waals surface area (Å²) < 4.78 is 3.34. The quantitative estimate of drug-likeness (QED) is 0.765. The SMILES string of the molecule is O=c1c2cnn(-c3cccc(Cl)c3)c2ncn1CC[NH+]1CCCC1. The summed E-state index contributed by atoms with van der Waals surface area (Å²) in [6.07, 6.45) is 5.79. The van der Waals surface area contributed by atoms with Gasteiger partial charge >= 0.3 is 0 Å². The molecule has 1 saturated heterocycles. The van der Waals surface area contributed by atoms with Crippen molar-refractivity contribution in [2.45, 2.75) is 19.4 Å². The van der Waals surface area contributed by atoms with E-state index in [4.69, 9.17) is 11.6 Å². The van der Waals surface area contributed by atoms with Crippen LogP contribution in [0.25, 0.3) is 16.7 Å². The van der Waals surface area contributed by atoms with Gasteiger partial charge in [0.05, 0.1) is 38.1 Å². The van der Waals surface area contributed by atoms with Gasteiger partial charge in [0.2, 0.25) is 0 Å². The molecule has 0 saturated carbocycles. The minimum atomic E-state index is -0.0353. The Morgan fingerprint density at radius 2 is 2.08 bits per heavy atom. The number of aromatic nitrogens is 4. The highest BCUT2D eigenvalue weighted by atomic mass is 35.5. The molecule has 1 N–H and O–H groups in total. The Bertz CT molecular complexity index is 926. The number of benzene rings is 1. The molecule has 0 atom stereocenters. The minimum Gasteiger partial charge on any atom is -0.333 e. The summed E-state index contributed by atoms with van der Waals surface area (Å²) in [5.41, 5.74) is 1.32. The molecule has 0 amide bonds. The molecule has 3 aromatic rings. The summed E-state index contributed by atoms with van der Waals surface area (Å²) in [5.74, 6) is 0. The molecule has 1 aliphatic heterocycles. The molecule has 0 radical (unpaired) electrons. The largest absolute Gasteiger partial charge is 0.333 e. The van der Waals surface area contributed by atoms with Gasteiger partial charge in [-0.1, -0.05) is 17.7 Å². The normalized spacial score (nSPS) is 15.4. The van der Waals surface area contributed by atoms with Crippen LogP contribution in [-0.4, -0.2) is 39.0 Å². The van der Waals surface area contributed by atoms with E-state index in [9.17, 15) is 4.79 Å². The van der Waals surface area contributed by atoms with E-state index in [0.717, 1.165) is 12.2 Å². The molecular weight excluding hydrogens is 326 g/mol. The Kier molecular flexibility index (Phi) is 4.08. The van der Waals surface area contributed by atoms with Crippen LogP contribution in [-0.2, 0) is 6.54 Å². The highest BCUT2D eigenvalue weighted by molar-refractivity contribution is 6.30. The third-order valence-corrected chi connectivity index (χ3v) is 4.86. The van der Waals surface area contributed by atoms with Crippen molar-refractivity contribution in [3.8, 4) is 5.69 Å². The van der Waals surface area contributed by atoms with E-state index in [2.05, 4.69) is 10.1 Å². The van der Waals surface area contributed by atoms with Crippen molar-refractivity contribution < 1.29 is 4.90 Å². The molecule has 124 valence electrons. The third-order valence-electron chi connectivity index (χ3n) is 4.62. The maximum atomic E-state index is 12.7. The summed E-state index contributed by atoms with van der Waals surface area (Å²) in [5, 5.41) is 5.48. The number of nitrogens with zero attached hydrogens (tertiary/aromatic N) is 4. The fourth-order valence-electron chi connectivity index (χ4n) is 3.31. The molecule has 4 rings (SSSR count). The summed E-state index contributed by atoms with van der Waals surface area (Å²) in [4.78, 5) is 18.7. The fourth-order valence-corrected chi connectivity index (χ4v) is 3.49. The van der Waals surface area contributed by atoms with Crippen molar-refractivity contribution in [1.82, 2.24) is 19.3 Å². The fraction of sp³-hybridized carbons (Fsp3) is 0.353. The van der Waals surface area contributed by atoms with E-state index in [1.807, 2.05) is 12.1 Å². The number of fused-ring (bicyclic) bond motifs is 1. The lowest BCUT2D eigenvalue weighted by Gasteiger charge is -2.12. The Morgan fingerprint density at radius 1 is 1.25 bits per heavy atom. The lowest BCUT2D eigenvalue weighted by Crippen LogP contribution is -3.10. The van der Waals surface area contributed by atoms with Crippen LogP contribution in [0.1, 0.15) is 12.8 Å². The number of hydrogen-bond donors (Lipinski definition) is 1. The number of likely N-dealkylation sites (tertiary alicyclic amines) is 1. The first-order valence-electron chi connectivity index (χ1n) is 8.25. The molecular formula is C17H19ClN5O+. The average Bonchev–Trinajstić information content (AvgIpc) is 3.24. The molecule has 24 heavy (non-hydrogen) atoms. The zero-order valence-corrected chi connectivity index (χ0v) is 14.0. The molecule has 6 nitrogen and oxygen atoms in total. The smallest absolute Gasteiger partial charge is 0.264 e. The number of nitrogens with one attached hydrogen (secondary N) is 1. The van der Waals surface area contributed by atoms with Crippen LogP contribution < -0.4 is 10.5 Å². The van der Waals surface area contributed by atoms with Crippen molar-refractivity contribution in [3.63, 3.8) is 0 Å². The summed E-state index contributed by atoms with van der Waals surface area (Å²) >= 11 is 6.04. The van der Waals surface area contributed by atoms with Gasteiger partial charge in [-0.2, -0.15) is 5.10 Å². The van der Waals surface area contributed by atoms with E-state index >= 15 is 0 Å². The number of halogens is 1. The predicted octanol–water partition coefficient (Wildman–Crippen LogP) is 0.914. The highest BCUT2D eigenvalue weighted by Crippen LogP contribution is 2.17. The topological polar surface area (TPSA) is 57.1 Å². The Morgan fingerprint density at radius 3 is 2.88 bits per heavy atom. The zero-order chi connectivity index (χ0) is 16.5. The van der Waals surface area contributed by atoms with Crippen LogP contribution in [0.15, 0.2) is 41.6 Å². The minimum absolute atomic E-state index is 0.0353. The average molecular weight is 345 g/mol. The van der Waals surface area contributed by atoms with Gasteiger partial charge < -0.3 is 4.90 Å². The molecule has 1 fully saturated rings. The second-order valence-corrected chi connectivity index (χ2v) is 6.66. The van der Waals surface area contributed by atoms with Crippen molar-refractivity contribution in [2.24, 2.45) is 0 Å². The van der Waals surface area contributed by atoms with Crippen LogP contribution in [0.4, 0.5) is 0 Å². The molecule has 3 heterocycles. The van der Waals surface area contributed by atoms with Crippen molar-refractivity contribution >= 4 is 22.6 Å². The van der Waals surface area contributed by atoms with Gasteiger partial charge in [0.1, 0.15) is 11.7 Å². The van der Waals surface area contributed by atoms with E-state index in [0.29, 0.717) is 22.6 Å².